The highest BCUT2D eigenvalue weighted by Crippen LogP contribution is 2.36. The number of aromatic amines is 1. The van der Waals surface area contributed by atoms with Crippen LogP contribution in [0.15, 0.2) is 34.2 Å². The summed E-state index contributed by atoms with van der Waals surface area (Å²) < 4.78 is 1.73. The van der Waals surface area contributed by atoms with Crippen molar-refractivity contribution in [2.24, 2.45) is 0 Å². The smallest absolute Gasteiger partial charge is 0.291 e. The van der Waals surface area contributed by atoms with Gasteiger partial charge in [0.1, 0.15) is 0 Å². The fraction of sp³-hybridized carbons (Fsp3) is 0.444. The fourth-order valence-electron chi connectivity index (χ4n) is 3.24. The summed E-state index contributed by atoms with van der Waals surface area (Å²) in [6.45, 7) is 6.02. The number of benzene rings is 1. The molecule has 2 aromatic rings. The summed E-state index contributed by atoms with van der Waals surface area (Å²) in [5.41, 5.74) is 1.89. The largest absolute Gasteiger partial charge is 0.325 e. The van der Waals surface area contributed by atoms with Crippen molar-refractivity contribution in [3.63, 3.8) is 0 Å². The van der Waals surface area contributed by atoms with Gasteiger partial charge in [0.05, 0.1) is 11.3 Å². The highest BCUT2D eigenvalue weighted by Gasteiger charge is 2.43. The number of rotatable bonds is 5. The first-order valence-corrected chi connectivity index (χ1v) is 9.71. The predicted octanol–water partition coefficient (Wildman–Crippen LogP) is 2.89. The molecular formula is C18H23N4O2S+. The summed E-state index contributed by atoms with van der Waals surface area (Å²) in [6, 6.07) is 7.56. The Balaban J connectivity index is 2.26. The second-order valence-corrected chi connectivity index (χ2v) is 7.16. The molecule has 0 saturated carbocycles. The number of para-hydroxylation sites is 1. The topological polar surface area (TPSA) is 69.9 Å². The van der Waals surface area contributed by atoms with Crippen molar-refractivity contribution >= 4 is 23.4 Å². The summed E-state index contributed by atoms with van der Waals surface area (Å²) in [4.78, 5) is 30.2. The van der Waals surface area contributed by atoms with Gasteiger partial charge in [0.15, 0.2) is 0 Å². The van der Waals surface area contributed by atoms with E-state index in [0.717, 1.165) is 23.4 Å². The third kappa shape index (κ3) is 3.08. The monoisotopic (exact) mass is 359 g/mol. The summed E-state index contributed by atoms with van der Waals surface area (Å²) in [7, 11) is 0. The molecule has 3 rings (SSSR count). The summed E-state index contributed by atoms with van der Waals surface area (Å²) in [5.74, 6) is 0.875. The number of anilines is 1. The lowest BCUT2D eigenvalue weighted by atomic mass is 10.0. The van der Waals surface area contributed by atoms with Gasteiger partial charge < -0.3 is 0 Å². The maximum absolute atomic E-state index is 12.8. The number of nitrogens with zero attached hydrogens (tertiary/aromatic N) is 3. The van der Waals surface area contributed by atoms with Gasteiger partial charge in [-0.2, -0.15) is 0 Å². The van der Waals surface area contributed by atoms with E-state index in [4.69, 9.17) is 0 Å². The number of H-pyrrole nitrogens is 1. The molecule has 0 spiro atoms. The molecule has 1 amide bonds. The van der Waals surface area contributed by atoms with Gasteiger partial charge >= 0.3 is 11.3 Å². The van der Waals surface area contributed by atoms with E-state index >= 15 is 0 Å². The van der Waals surface area contributed by atoms with Gasteiger partial charge in [-0.1, -0.05) is 49.3 Å². The summed E-state index contributed by atoms with van der Waals surface area (Å²) >= 11 is 1.49. The van der Waals surface area contributed by atoms with Gasteiger partial charge in [-0.25, -0.2) is 4.90 Å². The van der Waals surface area contributed by atoms with Gasteiger partial charge in [0.25, 0.3) is 6.17 Å². The second-order valence-electron chi connectivity index (χ2n) is 5.91. The minimum atomic E-state index is -0.289. The molecule has 1 unspecified atom stereocenters. The van der Waals surface area contributed by atoms with E-state index in [2.05, 4.69) is 10.1 Å². The molecule has 0 aliphatic carbocycles. The average Bonchev–Trinajstić information content (AvgIpc) is 2.60. The Morgan fingerprint density at radius 2 is 2.08 bits per heavy atom. The van der Waals surface area contributed by atoms with Gasteiger partial charge in [-0.3, -0.25) is 14.6 Å². The van der Waals surface area contributed by atoms with Crippen molar-refractivity contribution in [1.82, 2.24) is 10.1 Å². The molecule has 0 saturated heterocycles. The highest BCUT2D eigenvalue weighted by molar-refractivity contribution is 7.99. The third-order valence-corrected chi connectivity index (χ3v) is 4.99. The number of thioether (sulfide) groups is 1. The molecule has 132 valence electrons. The van der Waals surface area contributed by atoms with Crippen molar-refractivity contribution in [3.8, 4) is 11.3 Å². The van der Waals surface area contributed by atoms with Crippen LogP contribution in [-0.4, -0.2) is 21.7 Å². The van der Waals surface area contributed by atoms with Crippen LogP contribution in [0.4, 0.5) is 5.69 Å². The van der Waals surface area contributed by atoms with Crippen LogP contribution in [-0.2, 0) is 4.79 Å². The zero-order chi connectivity index (χ0) is 18.0. The molecule has 0 bridgehead atoms. The molecule has 1 aromatic heterocycles. The first-order chi connectivity index (χ1) is 12.1. The zero-order valence-corrected chi connectivity index (χ0v) is 15.6. The number of fused-ring (bicyclic) bond motifs is 3. The van der Waals surface area contributed by atoms with Crippen LogP contribution in [0.3, 0.4) is 0 Å². The van der Waals surface area contributed by atoms with Crippen molar-refractivity contribution < 1.29 is 9.48 Å². The highest BCUT2D eigenvalue weighted by atomic mass is 32.2. The number of amides is 1. The molecule has 1 aliphatic heterocycles. The van der Waals surface area contributed by atoms with Crippen molar-refractivity contribution in [2.45, 2.75) is 51.4 Å². The standard InChI is InChI=1S/C18H22N4O2S/c1-4-9-15(23)21-13-11-8-7-10-12(13)16-17(24)19-18(25-6-3)20-22(16)14(21)5-2/h7-8,10-11,14H,4-6,9H2,1-3H3/p+1. The van der Waals surface area contributed by atoms with E-state index in [9.17, 15) is 9.59 Å². The average molecular weight is 359 g/mol. The third-order valence-electron chi connectivity index (χ3n) is 4.24. The van der Waals surface area contributed by atoms with E-state index in [1.54, 1.807) is 9.58 Å². The molecule has 1 N–H and O–H groups in total. The molecular weight excluding hydrogens is 336 g/mol. The van der Waals surface area contributed by atoms with Crippen molar-refractivity contribution in [2.75, 3.05) is 10.7 Å². The Hall–Kier alpha value is -2.15. The van der Waals surface area contributed by atoms with Gasteiger partial charge in [0, 0.05) is 17.9 Å². The molecule has 1 aromatic carbocycles. The second kappa shape index (κ2) is 7.39. The van der Waals surface area contributed by atoms with E-state index in [1.165, 1.54) is 11.8 Å². The first-order valence-electron chi connectivity index (χ1n) is 8.72. The van der Waals surface area contributed by atoms with Crippen LogP contribution in [0.25, 0.3) is 11.3 Å². The lowest BCUT2D eigenvalue weighted by molar-refractivity contribution is -0.771. The lowest BCUT2D eigenvalue weighted by Crippen LogP contribution is -2.60. The van der Waals surface area contributed by atoms with E-state index in [1.807, 2.05) is 45.0 Å². The molecule has 0 fully saturated rings. The molecule has 2 heterocycles. The Morgan fingerprint density at radius 3 is 2.76 bits per heavy atom. The summed E-state index contributed by atoms with van der Waals surface area (Å²) in [5, 5.41) is 5.22. The molecule has 0 radical (unpaired) electrons. The number of carbonyl (C=O) groups is 1. The molecule has 1 atom stereocenters. The van der Waals surface area contributed by atoms with Gasteiger partial charge in [0.2, 0.25) is 11.1 Å². The SMILES string of the molecule is CCCC(=O)N1c2ccccc2-c2c(=O)[nH]c(SCC)n[n+]2C1CC. The summed E-state index contributed by atoms with van der Waals surface area (Å²) in [6.07, 6.45) is 1.64. The Morgan fingerprint density at radius 1 is 1.32 bits per heavy atom. The van der Waals surface area contributed by atoms with Gasteiger partial charge in [-0.05, 0) is 24.3 Å². The maximum atomic E-state index is 12.8. The minimum Gasteiger partial charge on any atom is -0.291 e. The first kappa shape index (κ1) is 17.7. The maximum Gasteiger partial charge on any atom is 0.325 e. The number of hydrogen-bond donors (Lipinski definition) is 1. The lowest BCUT2D eigenvalue weighted by Gasteiger charge is -2.31. The zero-order valence-electron chi connectivity index (χ0n) is 14.8. The van der Waals surface area contributed by atoms with Crippen LogP contribution in [0.2, 0.25) is 0 Å². The Bertz CT molecular complexity index is 849. The van der Waals surface area contributed by atoms with Crippen molar-refractivity contribution in [1.29, 1.82) is 0 Å². The van der Waals surface area contributed by atoms with E-state index in [0.29, 0.717) is 23.7 Å². The van der Waals surface area contributed by atoms with E-state index < -0.39 is 0 Å². The van der Waals surface area contributed by atoms with Crippen molar-refractivity contribution in [3.05, 3.63) is 34.6 Å². The van der Waals surface area contributed by atoms with Crippen LogP contribution in [0, 0.1) is 0 Å². The Labute approximate surface area is 151 Å². The number of aromatic nitrogens is 3. The van der Waals surface area contributed by atoms with Crippen LogP contribution >= 0.6 is 11.8 Å². The Kier molecular flexibility index (Phi) is 5.22. The number of hydrogen-bond acceptors (Lipinski definition) is 4. The predicted molar refractivity (Wildman–Crippen MR) is 98.6 cm³/mol. The fourth-order valence-corrected chi connectivity index (χ4v) is 3.82. The van der Waals surface area contributed by atoms with Crippen LogP contribution in [0.5, 0.6) is 0 Å². The number of carbonyl (C=O) groups excluding carboxylic acids is 1. The number of nitrogens with one attached hydrogen (secondary N) is 1. The van der Waals surface area contributed by atoms with Gasteiger partial charge in [-0.15, -0.1) is 0 Å². The molecule has 1 aliphatic rings. The minimum absolute atomic E-state index is 0.0618. The van der Waals surface area contributed by atoms with E-state index in [-0.39, 0.29) is 17.6 Å². The molecule has 6 nitrogen and oxygen atoms in total. The van der Waals surface area contributed by atoms with Crippen LogP contribution < -0.4 is 15.1 Å². The normalized spacial score (nSPS) is 15.6. The molecule has 25 heavy (non-hydrogen) atoms. The van der Waals surface area contributed by atoms with Crippen LogP contribution in [0.1, 0.15) is 46.2 Å². The molecule has 7 heteroatoms. The quantitative estimate of drug-likeness (QED) is 0.658.